The minimum Gasteiger partial charge on any atom is -1.00 e. The van der Waals surface area contributed by atoms with Crippen molar-refractivity contribution < 1.29 is 26.3 Å². The molecule has 1 heterocycles. The summed E-state index contributed by atoms with van der Waals surface area (Å²) in [6, 6.07) is 13.9. The van der Waals surface area contributed by atoms with Crippen molar-refractivity contribution in [2.24, 2.45) is 0 Å². The van der Waals surface area contributed by atoms with E-state index in [4.69, 9.17) is 4.74 Å². The van der Waals surface area contributed by atoms with Gasteiger partial charge in [-0.15, -0.1) is 0 Å². The van der Waals surface area contributed by atoms with Crippen LogP contribution in [0.25, 0.3) is 12.3 Å². The number of ether oxygens (including phenoxy) is 1. The Bertz CT molecular complexity index is 483. The lowest BCUT2D eigenvalue weighted by Crippen LogP contribution is -3.00. The molecule has 0 bridgehead atoms. The molecule has 0 amide bonds. The largest absolute Gasteiger partial charge is 1.00 e. The molecule has 0 aliphatic rings. The highest BCUT2D eigenvalue weighted by molar-refractivity contribution is 5.58. The average Bonchev–Trinajstić information content (AvgIpc) is 2.38. The van der Waals surface area contributed by atoms with Crippen LogP contribution >= 0.6 is 0 Å². The molecule has 0 saturated carbocycles. The Labute approximate surface area is 112 Å². The summed E-state index contributed by atoms with van der Waals surface area (Å²) in [7, 11) is 1.68. The highest BCUT2D eigenvalue weighted by Crippen LogP contribution is 2.13. The molecule has 88 valence electrons. The molecule has 0 N–H and O–H groups in total. The zero-order chi connectivity index (χ0) is 11.2. The van der Waals surface area contributed by atoms with E-state index in [1.807, 2.05) is 71.7 Å². The van der Waals surface area contributed by atoms with E-state index in [0.29, 0.717) is 0 Å². The second-order valence-electron chi connectivity index (χ2n) is 3.42. The van der Waals surface area contributed by atoms with Crippen molar-refractivity contribution in [2.45, 2.75) is 0 Å². The Morgan fingerprint density at radius 3 is 2.53 bits per heavy atom. The third-order valence-electron chi connectivity index (χ3n) is 2.27. The lowest BCUT2D eigenvalue weighted by molar-refractivity contribution is -0.567. The van der Waals surface area contributed by atoms with Gasteiger partial charge in [0.1, 0.15) is 5.75 Å². The molecule has 0 atom stereocenters. The highest BCUT2D eigenvalue weighted by atomic mass is 79.9. The first-order valence-corrected chi connectivity index (χ1v) is 5.16. The lowest BCUT2D eigenvalue weighted by Gasteiger charge is -1.98. The monoisotopic (exact) mass is 291 g/mol. The molecule has 0 saturated heterocycles. The first-order chi connectivity index (χ1) is 7.88. The van der Waals surface area contributed by atoms with E-state index in [-0.39, 0.29) is 17.0 Å². The van der Waals surface area contributed by atoms with Crippen LogP contribution in [0.5, 0.6) is 5.75 Å². The Morgan fingerprint density at radius 2 is 1.82 bits per heavy atom. The molecule has 0 aliphatic carbocycles. The number of hydrogen-bond donors (Lipinski definition) is 0. The average molecular weight is 292 g/mol. The number of methoxy groups -OCH3 is 1. The van der Waals surface area contributed by atoms with E-state index in [2.05, 4.69) is 0 Å². The van der Waals surface area contributed by atoms with Crippen LogP contribution in [0.2, 0.25) is 0 Å². The molecular weight excluding hydrogens is 278 g/mol. The van der Waals surface area contributed by atoms with Crippen LogP contribution in [-0.2, 0) is 0 Å². The van der Waals surface area contributed by atoms with Crippen molar-refractivity contribution >= 4 is 12.3 Å². The van der Waals surface area contributed by atoms with Crippen LogP contribution in [0.1, 0.15) is 5.56 Å². The zero-order valence-electron chi connectivity index (χ0n) is 9.58. The first kappa shape index (κ1) is 13.5. The predicted molar refractivity (Wildman–Crippen MR) is 64.9 cm³/mol. The molecule has 2 aromatic rings. The van der Waals surface area contributed by atoms with Crippen molar-refractivity contribution in [1.29, 1.82) is 0 Å². The molecular formula is C14H14BrNO. The number of pyridine rings is 1. The fourth-order valence-corrected chi connectivity index (χ4v) is 1.43. The summed E-state index contributed by atoms with van der Waals surface area (Å²) < 4.78 is 7.17. The van der Waals surface area contributed by atoms with Gasteiger partial charge in [-0.2, -0.15) is 4.57 Å². The molecule has 1 aromatic carbocycles. The predicted octanol–water partition coefficient (Wildman–Crippen LogP) is -0.385. The molecule has 3 heteroatoms. The quantitative estimate of drug-likeness (QED) is 0.703. The SMILES string of the molecule is COc1cccc(/C=C/[n+]2ccccc2)c1.[Br-]. The van der Waals surface area contributed by atoms with E-state index in [1.54, 1.807) is 7.11 Å². The number of aromatic nitrogens is 1. The van der Waals surface area contributed by atoms with Gasteiger partial charge < -0.3 is 21.7 Å². The van der Waals surface area contributed by atoms with E-state index >= 15 is 0 Å². The first-order valence-electron chi connectivity index (χ1n) is 5.16. The lowest BCUT2D eigenvalue weighted by atomic mass is 10.2. The third-order valence-corrected chi connectivity index (χ3v) is 2.27. The Hall–Kier alpha value is -1.61. The van der Waals surface area contributed by atoms with Gasteiger partial charge in [-0.25, -0.2) is 0 Å². The van der Waals surface area contributed by atoms with Crippen LogP contribution in [0.4, 0.5) is 0 Å². The van der Waals surface area contributed by atoms with E-state index in [1.165, 1.54) is 0 Å². The maximum atomic E-state index is 5.17. The van der Waals surface area contributed by atoms with Gasteiger partial charge in [0, 0.05) is 18.2 Å². The van der Waals surface area contributed by atoms with Gasteiger partial charge in [0.05, 0.1) is 7.11 Å². The van der Waals surface area contributed by atoms with Crippen molar-refractivity contribution in [1.82, 2.24) is 0 Å². The Morgan fingerprint density at radius 1 is 1.06 bits per heavy atom. The van der Waals surface area contributed by atoms with Crippen molar-refractivity contribution in [3.05, 3.63) is 60.4 Å². The van der Waals surface area contributed by atoms with Crippen LogP contribution in [0.15, 0.2) is 54.9 Å². The summed E-state index contributed by atoms with van der Waals surface area (Å²) in [6.45, 7) is 0. The maximum Gasteiger partial charge on any atom is 0.175 e. The Balaban J connectivity index is 0.00000144. The number of rotatable bonds is 3. The van der Waals surface area contributed by atoms with Gasteiger partial charge in [0.15, 0.2) is 18.6 Å². The van der Waals surface area contributed by atoms with Crippen LogP contribution < -0.4 is 26.3 Å². The molecule has 0 spiro atoms. The van der Waals surface area contributed by atoms with Crippen molar-refractivity contribution in [3.63, 3.8) is 0 Å². The minimum absolute atomic E-state index is 0. The third kappa shape index (κ3) is 4.04. The van der Waals surface area contributed by atoms with Crippen LogP contribution in [0.3, 0.4) is 0 Å². The molecule has 0 aliphatic heterocycles. The van der Waals surface area contributed by atoms with Gasteiger partial charge >= 0.3 is 0 Å². The maximum absolute atomic E-state index is 5.17. The molecule has 2 nitrogen and oxygen atoms in total. The van der Waals surface area contributed by atoms with Crippen LogP contribution in [0, 0.1) is 0 Å². The fourth-order valence-electron chi connectivity index (χ4n) is 1.43. The standard InChI is InChI=1S/C14H14NO.BrH/c1-16-14-7-5-6-13(12-14)8-11-15-9-3-2-4-10-15;/h2-12H,1H3;1H/q+1;/p-1/b11-8+;. The fraction of sp³-hybridized carbons (Fsp3) is 0.0714. The smallest absolute Gasteiger partial charge is 0.175 e. The normalized spacial score (nSPS) is 9.94. The van der Waals surface area contributed by atoms with Gasteiger partial charge in [-0.05, 0) is 17.7 Å². The number of nitrogens with zero attached hydrogens (tertiary/aromatic N) is 1. The molecule has 2 rings (SSSR count). The molecule has 0 fully saturated rings. The summed E-state index contributed by atoms with van der Waals surface area (Å²) in [5.41, 5.74) is 1.12. The van der Waals surface area contributed by atoms with E-state index in [9.17, 15) is 0 Å². The second-order valence-corrected chi connectivity index (χ2v) is 3.42. The van der Waals surface area contributed by atoms with Gasteiger partial charge in [-0.1, -0.05) is 18.2 Å². The zero-order valence-corrected chi connectivity index (χ0v) is 11.2. The molecule has 17 heavy (non-hydrogen) atoms. The van der Waals surface area contributed by atoms with Crippen molar-refractivity contribution in [2.75, 3.05) is 7.11 Å². The van der Waals surface area contributed by atoms with E-state index in [0.717, 1.165) is 11.3 Å². The minimum atomic E-state index is 0. The number of hydrogen-bond acceptors (Lipinski definition) is 1. The topological polar surface area (TPSA) is 13.1 Å². The van der Waals surface area contributed by atoms with Gasteiger partial charge in [0.2, 0.25) is 0 Å². The van der Waals surface area contributed by atoms with Crippen LogP contribution in [-0.4, -0.2) is 7.11 Å². The second kappa shape index (κ2) is 6.86. The van der Waals surface area contributed by atoms with Gasteiger partial charge in [0.25, 0.3) is 0 Å². The molecule has 0 unspecified atom stereocenters. The summed E-state index contributed by atoms with van der Waals surface area (Å²) in [5.74, 6) is 0.875. The Kier molecular flexibility index (Phi) is 5.43. The van der Waals surface area contributed by atoms with Crippen molar-refractivity contribution in [3.8, 4) is 5.75 Å². The molecule has 0 radical (unpaired) electrons. The summed E-state index contributed by atoms with van der Waals surface area (Å²) in [5, 5.41) is 0. The van der Waals surface area contributed by atoms with E-state index < -0.39 is 0 Å². The summed E-state index contributed by atoms with van der Waals surface area (Å²) in [4.78, 5) is 0. The number of benzene rings is 1. The van der Waals surface area contributed by atoms with Gasteiger partial charge in [-0.3, -0.25) is 0 Å². The highest BCUT2D eigenvalue weighted by Gasteiger charge is 1.94. The summed E-state index contributed by atoms with van der Waals surface area (Å²) >= 11 is 0. The number of halogens is 1. The molecule has 1 aromatic heterocycles. The summed E-state index contributed by atoms with van der Waals surface area (Å²) in [6.07, 6.45) is 8.05.